The second-order valence-electron chi connectivity index (χ2n) is 11.4. The number of aliphatic imine (C=N–C) groups is 1. The minimum Gasteiger partial charge on any atom is -0.392 e. The largest absolute Gasteiger partial charge is 0.392 e. The van der Waals surface area contributed by atoms with Gasteiger partial charge in [0.15, 0.2) is 11.4 Å². The lowest BCUT2D eigenvalue weighted by atomic mass is 9.54. The van der Waals surface area contributed by atoms with E-state index >= 15 is 0 Å². The summed E-state index contributed by atoms with van der Waals surface area (Å²) in [4.78, 5) is 17.5. The summed E-state index contributed by atoms with van der Waals surface area (Å²) < 4.78 is 0. The maximum absolute atomic E-state index is 13.1. The van der Waals surface area contributed by atoms with Gasteiger partial charge in [-0.2, -0.15) is 0 Å². The van der Waals surface area contributed by atoms with Crippen LogP contribution in [0.2, 0.25) is 0 Å². The molecule has 2 fully saturated rings. The summed E-state index contributed by atoms with van der Waals surface area (Å²) in [6, 6.07) is 8.78. The van der Waals surface area contributed by atoms with Crippen molar-refractivity contribution in [2.24, 2.45) is 39.8 Å². The zero-order valence-corrected chi connectivity index (χ0v) is 20.4. The van der Waals surface area contributed by atoms with E-state index in [9.17, 15) is 30.3 Å². The first kappa shape index (κ1) is 24.3. The van der Waals surface area contributed by atoms with Gasteiger partial charge in [-0.3, -0.25) is 4.79 Å². The number of benzene rings is 1. The van der Waals surface area contributed by atoms with E-state index in [4.69, 9.17) is 5.73 Å². The van der Waals surface area contributed by atoms with Crippen LogP contribution in [0.25, 0.3) is 0 Å². The number of amidine groups is 1. The molecular formula is C27H34N2O6. The third-order valence-electron chi connectivity index (χ3n) is 9.61. The number of hydrogen-bond acceptors (Lipinski definition) is 7. The van der Waals surface area contributed by atoms with E-state index in [1.807, 2.05) is 6.07 Å². The number of nitrogens with zero attached hydrogens (tertiary/aromatic N) is 1. The molecule has 1 aromatic carbocycles. The third-order valence-corrected chi connectivity index (χ3v) is 9.61. The molecule has 188 valence electrons. The SMILES string of the molecule is CC1=C[C@H]2[C@]3(O)[C@@H](C=C(CO)C[C@]2(O)C1=O)[C@H]1C(C)(C)[C@]1(O)[C@@](O)(C(N)=Nc1ccccc1)[C@H]3C. The molecular weight excluding hydrogens is 448 g/mol. The predicted molar refractivity (Wildman–Crippen MR) is 129 cm³/mol. The molecule has 0 radical (unpaired) electrons. The lowest BCUT2D eigenvalue weighted by molar-refractivity contribution is -0.228. The number of aliphatic hydroxyl groups excluding tert-OH is 1. The molecule has 0 aliphatic heterocycles. The predicted octanol–water partition coefficient (Wildman–Crippen LogP) is 0.989. The van der Waals surface area contributed by atoms with Gasteiger partial charge in [-0.15, -0.1) is 0 Å². The molecule has 0 unspecified atom stereocenters. The smallest absolute Gasteiger partial charge is 0.190 e. The van der Waals surface area contributed by atoms with Crippen molar-refractivity contribution in [3.8, 4) is 0 Å². The minimum atomic E-state index is -2.17. The molecule has 0 saturated heterocycles. The number of para-hydroxylation sites is 1. The summed E-state index contributed by atoms with van der Waals surface area (Å²) >= 11 is 0. The van der Waals surface area contributed by atoms with Gasteiger partial charge in [-0.25, -0.2) is 4.99 Å². The Morgan fingerprint density at radius 3 is 2.34 bits per heavy atom. The molecule has 8 heteroatoms. The van der Waals surface area contributed by atoms with Crippen LogP contribution in [-0.2, 0) is 4.79 Å². The van der Waals surface area contributed by atoms with Crippen molar-refractivity contribution in [3.05, 3.63) is 53.6 Å². The zero-order chi connectivity index (χ0) is 25.8. The maximum Gasteiger partial charge on any atom is 0.190 e. The lowest BCUT2D eigenvalue weighted by Gasteiger charge is -2.56. The molecule has 5 rings (SSSR count). The number of rotatable bonds is 3. The molecule has 0 amide bonds. The van der Waals surface area contributed by atoms with Gasteiger partial charge in [0.25, 0.3) is 0 Å². The summed E-state index contributed by atoms with van der Waals surface area (Å²) in [6.07, 6.45) is 3.09. The van der Waals surface area contributed by atoms with Gasteiger partial charge in [0, 0.05) is 35.5 Å². The van der Waals surface area contributed by atoms with Gasteiger partial charge < -0.3 is 31.3 Å². The van der Waals surface area contributed by atoms with E-state index < -0.39 is 63.9 Å². The molecule has 8 nitrogen and oxygen atoms in total. The highest BCUT2D eigenvalue weighted by atomic mass is 16.4. The third kappa shape index (κ3) is 2.64. The van der Waals surface area contributed by atoms with Crippen molar-refractivity contribution in [1.29, 1.82) is 0 Å². The van der Waals surface area contributed by atoms with Gasteiger partial charge in [0.05, 0.1) is 17.9 Å². The number of fused-ring (bicyclic) bond motifs is 5. The Kier molecular flexibility index (Phi) is 4.94. The quantitative estimate of drug-likeness (QED) is 0.213. The lowest BCUT2D eigenvalue weighted by Crippen LogP contribution is -2.73. The monoisotopic (exact) mass is 482 g/mol. The van der Waals surface area contributed by atoms with Crippen LogP contribution in [0.3, 0.4) is 0 Å². The van der Waals surface area contributed by atoms with E-state index in [1.165, 1.54) is 0 Å². The van der Waals surface area contributed by atoms with Crippen LogP contribution >= 0.6 is 0 Å². The molecule has 0 spiro atoms. The zero-order valence-electron chi connectivity index (χ0n) is 20.4. The van der Waals surface area contributed by atoms with Crippen LogP contribution in [0.5, 0.6) is 0 Å². The molecule has 0 heterocycles. The van der Waals surface area contributed by atoms with Crippen molar-refractivity contribution >= 4 is 17.3 Å². The minimum absolute atomic E-state index is 0.149. The van der Waals surface area contributed by atoms with Crippen molar-refractivity contribution in [3.63, 3.8) is 0 Å². The summed E-state index contributed by atoms with van der Waals surface area (Å²) in [7, 11) is 0. The first-order valence-corrected chi connectivity index (χ1v) is 12.0. The van der Waals surface area contributed by atoms with Crippen LogP contribution < -0.4 is 5.73 Å². The van der Waals surface area contributed by atoms with Crippen LogP contribution in [-0.4, -0.2) is 66.2 Å². The number of ketones is 1. The molecule has 7 N–H and O–H groups in total. The van der Waals surface area contributed by atoms with Gasteiger partial charge in [0.2, 0.25) is 0 Å². The number of carbonyl (C=O) groups excluding carboxylic acids is 1. The van der Waals surface area contributed by atoms with Crippen molar-refractivity contribution in [2.45, 2.75) is 56.5 Å². The molecule has 4 aliphatic rings. The Morgan fingerprint density at radius 1 is 1.11 bits per heavy atom. The highest BCUT2D eigenvalue weighted by Gasteiger charge is 2.89. The van der Waals surface area contributed by atoms with Gasteiger partial charge in [0.1, 0.15) is 17.0 Å². The number of carbonyl (C=O) groups is 1. The van der Waals surface area contributed by atoms with E-state index in [1.54, 1.807) is 64.1 Å². The highest BCUT2D eigenvalue weighted by Crippen LogP contribution is 2.77. The van der Waals surface area contributed by atoms with Gasteiger partial charge in [-0.1, -0.05) is 51.1 Å². The topological polar surface area (TPSA) is 157 Å². The Balaban J connectivity index is 1.76. The average Bonchev–Trinajstić information content (AvgIpc) is 3.22. The fourth-order valence-corrected chi connectivity index (χ4v) is 7.71. The standard InChI is InChI=1S/C27H34N2O6/c1-14-10-19-24(32,21(14)31)12-16(13-30)11-18-20-23(3,4)27(20,35)26(34,15(2)25(18,19)33)22(28)29-17-8-6-5-7-9-17/h5-11,15,18-20,30,32-35H,12-13H2,1-4H3,(H2,28,29)/t15-,18-,19+,20-,24+,25+,26-,27-/m0/s1. The highest BCUT2D eigenvalue weighted by molar-refractivity contribution is 6.05. The molecule has 2 saturated carbocycles. The first-order chi connectivity index (χ1) is 16.2. The average molecular weight is 483 g/mol. The number of aliphatic hydroxyl groups is 5. The maximum atomic E-state index is 13.1. The Hall–Kier alpha value is -2.36. The van der Waals surface area contributed by atoms with Crippen LogP contribution in [0.4, 0.5) is 5.69 Å². The normalized spacial score (nSPS) is 46.1. The molecule has 4 aliphatic carbocycles. The van der Waals surface area contributed by atoms with Crippen molar-refractivity contribution in [2.75, 3.05) is 6.61 Å². The molecule has 0 aromatic heterocycles. The van der Waals surface area contributed by atoms with Crippen LogP contribution in [0, 0.1) is 29.1 Å². The fraction of sp³-hybridized carbons (Fsp3) is 0.556. The molecule has 8 atom stereocenters. The summed E-state index contributed by atoms with van der Waals surface area (Å²) in [5, 5.41) is 58.7. The van der Waals surface area contributed by atoms with E-state index in [2.05, 4.69) is 4.99 Å². The molecule has 35 heavy (non-hydrogen) atoms. The van der Waals surface area contributed by atoms with Gasteiger partial charge in [-0.05, 0) is 30.2 Å². The first-order valence-electron chi connectivity index (χ1n) is 12.0. The number of nitrogens with two attached hydrogens (primary N) is 1. The number of Topliss-reactive ketones (excluding diaryl/α,β-unsaturated/α-hetero) is 1. The molecule has 0 bridgehead atoms. The second-order valence-corrected chi connectivity index (χ2v) is 11.4. The van der Waals surface area contributed by atoms with Crippen LogP contribution in [0.15, 0.2) is 58.6 Å². The van der Waals surface area contributed by atoms with Crippen LogP contribution in [0.1, 0.15) is 34.1 Å². The van der Waals surface area contributed by atoms with Crippen molar-refractivity contribution in [1.82, 2.24) is 0 Å². The Bertz CT molecular complexity index is 1190. The van der Waals surface area contributed by atoms with Gasteiger partial charge >= 0.3 is 0 Å². The summed E-state index contributed by atoms with van der Waals surface area (Å²) in [5.41, 5.74) is -1.05. The number of hydrogen-bond donors (Lipinski definition) is 6. The summed E-state index contributed by atoms with van der Waals surface area (Å²) in [5.74, 6) is -4.44. The van der Waals surface area contributed by atoms with E-state index in [0.29, 0.717) is 16.8 Å². The Morgan fingerprint density at radius 2 is 1.74 bits per heavy atom. The Labute approximate surface area is 204 Å². The van der Waals surface area contributed by atoms with Crippen molar-refractivity contribution < 1.29 is 30.3 Å². The van der Waals surface area contributed by atoms with E-state index in [-0.39, 0.29) is 12.3 Å². The molecule has 1 aromatic rings. The second kappa shape index (κ2) is 7.11. The fourth-order valence-electron chi connectivity index (χ4n) is 7.71. The summed E-state index contributed by atoms with van der Waals surface area (Å²) in [6.45, 7) is 6.34. The van der Waals surface area contributed by atoms with E-state index in [0.717, 1.165) is 0 Å².